The predicted molar refractivity (Wildman–Crippen MR) is 106 cm³/mol. The Morgan fingerprint density at radius 2 is 1.96 bits per heavy atom. The number of nitriles is 1. The molecule has 1 aliphatic heterocycles. The molecule has 6 heteroatoms. The number of anilines is 1. The standard InChI is InChI=1S/C21H24FN5/c1-16-4-3-5-19(12-16)26-8-10-27(11-9-26)21(24-2)25-15-18-13-17(14-23)6-7-20(18)22/h3-7,12-13H,8-11,15H2,1-2H3,(H,24,25). The Kier molecular flexibility index (Phi) is 5.92. The molecule has 1 N–H and O–H groups in total. The van der Waals surface area contributed by atoms with Gasteiger partial charge in [-0.2, -0.15) is 5.26 Å². The Labute approximate surface area is 159 Å². The van der Waals surface area contributed by atoms with Crippen LogP contribution in [0.4, 0.5) is 10.1 Å². The van der Waals surface area contributed by atoms with Crippen LogP contribution in [0.2, 0.25) is 0 Å². The van der Waals surface area contributed by atoms with Crippen LogP contribution in [-0.2, 0) is 6.54 Å². The number of rotatable bonds is 3. The molecule has 0 radical (unpaired) electrons. The van der Waals surface area contributed by atoms with Gasteiger partial charge in [-0.15, -0.1) is 0 Å². The zero-order valence-corrected chi connectivity index (χ0v) is 15.7. The maximum Gasteiger partial charge on any atom is 0.194 e. The zero-order chi connectivity index (χ0) is 19.2. The second-order valence-corrected chi connectivity index (χ2v) is 6.63. The highest BCUT2D eigenvalue weighted by Crippen LogP contribution is 2.18. The van der Waals surface area contributed by atoms with Crippen molar-refractivity contribution in [3.05, 3.63) is 65.0 Å². The zero-order valence-electron chi connectivity index (χ0n) is 15.7. The summed E-state index contributed by atoms with van der Waals surface area (Å²) in [6.45, 7) is 5.89. The summed E-state index contributed by atoms with van der Waals surface area (Å²) in [5.41, 5.74) is 3.42. The van der Waals surface area contributed by atoms with Gasteiger partial charge in [-0.25, -0.2) is 4.39 Å². The van der Waals surface area contributed by atoms with Crippen LogP contribution in [0.3, 0.4) is 0 Å². The summed E-state index contributed by atoms with van der Waals surface area (Å²) in [6.07, 6.45) is 0. The largest absolute Gasteiger partial charge is 0.368 e. The highest BCUT2D eigenvalue weighted by molar-refractivity contribution is 5.80. The number of benzene rings is 2. The van der Waals surface area contributed by atoms with Crippen molar-refractivity contribution >= 4 is 11.6 Å². The van der Waals surface area contributed by atoms with Crippen molar-refractivity contribution in [2.45, 2.75) is 13.5 Å². The first-order valence-corrected chi connectivity index (χ1v) is 9.06. The highest BCUT2D eigenvalue weighted by Gasteiger charge is 2.20. The number of piperazine rings is 1. The molecular formula is C21H24FN5. The van der Waals surface area contributed by atoms with Crippen LogP contribution in [0, 0.1) is 24.1 Å². The number of aryl methyl sites for hydroxylation is 1. The van der Waals surface area contributed by atoms with Crippen molar-refractivity contribution in [3.63, 3.8) is 0 Å². The molecule has 140 valence electrons. The van der Waals surface area contributed by atoms with Crippen molar-refractivity contribution in [2.75, 3.05) is 38.1 Å². The minimum absolute atomic E-state index is 0.298. The van der Waals surface area contributed by atoms with Gasteiger partial charge in [0, 0.05) is 51.0 Å². The number of nitrogens with zero attached hydrogens (tertiary/aromatic N) is 4. The summed E-state index contributed by atoms with van der Waals surface area (Å²) in [5.74, 6) is 0.432. The van der Waals surface area contributed by atoms with Crippen molar-refractivity contribution < 1.29 is 4.39 Å². The summed E-state index contributed by atoms with van der Waals surface area (Å²) >= 11 is 0. The first kappa shape index (κ1) is 18.7. The summed E-state index contributed by atoms with van der Waals surface area (Å²) in [6, 6.07) is 15.0. The van der Waals surface area contributed by atoms with E-state index in [1.54, 1.807) is 13.1 Å². The average molecular weight is 365 g/mol. The molecule has 0 aromatic heterocycles. The lowest BCUT2D eigenvalue weighted by Gasteiger charge is -2.37. The number of halogens is 1. The van der Waals surface area contributed by atoms with Gasteiger partial charge in [0.25, 0.3) is 0 Å². The molecule has 0 saturated carbocycles. The Morgan fingerprint density at radius 3 is 2.63 bits per heavy atom. The van der Waals surface area contributed by atoms with E-state index in [-0.39, 0.29) is 5.82 Å². The van der Waals surface area contributed by atoms with Crippen molar-refractivity contribution in [1.82, 2.24) is 10.2 Å². The van der Waals surface area contributed by atoms with E-state index >= 15 is 0 Å². The lowest BCUT2D eigenvalue weighted by atomic mass is 10.1. The van der Waals surface area contributed by atoms with E-state index in [1.165, 1.54) is 23.4 Å². The van der Waals surface area contributed by atoms with E-state index in [1.807, 2.05) is 6.07 Å². The first-order valence-electron chi connectivity index (χ1n) is 9.06. The van der Waals surface area contributed by atoms with E-state index < -0.39 is 0 Å². The summed E-state index contributed by atoms with van der Waals surface area (Å²) in [4.78, 5) is 8.88. The molecule has 0 atom stereocenters. The van der Waals surface area contributed by atoms with Crippen LogP contribution in [0.1, 0.15) is 16.7 Å². The van der Waals surface area contributed by atoms with Crippen molar-refractivity contribution in [3.8, 4) is 6.07 Å². The third-order valence-corrected chi connectivity index (χ3v) is 4.77. The molecule has 2 aromatic rings. The Morgan fingerprint density at radius 1 is 1.19 bits per heavy atom. The molecule has 0 unspecified atom stereocenters. The van der Waals surface area contributed by atoms with E-state index in [0.29, 0.717) is 17.7 Å². The molecule has 0 spiro atoms. The van der Waals surface area contributed by atoms with Gasteiger partial charge in [0.2, 0.25) is 0 Å². The van der Waals surface area contributed by atoms with Gasteiger partial charge >= 0.3 is 0 Å². The smallest absolute Gasteiger partial charge is 0.194 e. The highest BCUT2D eigenvalue weighted by atomic mass is 19.1. The summed E-state index contributed by atoms with van der Waals surface area (Å²) in [7, 11) is 1.73. The van der Waals surface area contributed by atoms with Gasteiger partial charge in [0.1, 0.15) is 5.82 Å². The maximum atomic E-state index is 14.0. The molecule has 2 aromatic carbocycles. The van der Waals surface area contributed by atoms with Gasteiger partial charge in [-0.1, -0.05) is 12.1 Å². The van der Waals surface area contributed by atoms with Gasteiger partial charge in [-0.3, -0.25) is 4.99 Å². The van der Waals surface area contributed by atoms with Gasteiger partial charge < -0.3 is 15.1 Å². The first-order chi connectivity index (χ1) is 13.1. The predicted octanol–water partition coefficient (Wildman–Crippen LogP) is 2.90. The molecular weight excluding hydrogens is 341 g/mol. The molecule has 5 nitrogen and oxygen atoms in total. The Balaban J connectivity index is 1.59. The quantitative estimate of drug-likeness (QED) is 0.671. The third kappa shape index (κ3) is 4.56. The van der Waals surface area contributed by atoms with E-state index in [9.17, 15) is 4.39 Å². The number of hydrogen-bond donors (Lipinski definition) is 1. The van der Waals surface area contributed by atoms with Crippen LogP contribution in [-0.4, -0.2) is 44.1 Å². The van der Waals surface area contributed by atoms with Crippen LogP contribution in [0.5, 0.6) is 0 Å². The van der Waals surface area contributed by atoms with Crippen LogP contribution >= 0.6 is 0 Å². The SMILES string of the molecule is CN=C(NCc1cc(C#N)ccc1F)N1CCN(c2cccc(C)c2)CC1. The van der Waals surface area contributed by atoms with Gasteiger partial charge in [0.05, 0.1) is 11.6 Å². The molecule has 27 heavy (non-hydrogen) atoms. The fourth-order valence-electron chi connectivity index (χ4n) is 3.29. The third-order valence-electron chi connectivity index (χ3n) is 4.77. The number of nitrogens with one attached hydrogen (secondary N) is 1. The van der Waals surface area contributed by atoms with E-state index in [4.69, 9.17) is 5.26 Å². The molecule has 1 saturated heterocycles. The number of guanidine groups is 1. The fraction of sp³-hybridized carbons (Fsp3) is 0.333. The molecule has 1 fully saturated rings. The average Bonchev–Trinajstić information content (AvgIpc) is 2.70. The number of hydrogen-bond acceptors (Lipinski definition) is 3. The van der Waals surface area contributed by atoms with Crippen LogP contribution in [0.15, 0.2) is 47.5 Å². The van der Waals surface area contributed by atoms with Crippen molar-refractivity contribution in [2.24, 2.45) is 4.99 Å². The van der Waals surface area contributed by atoms with Crippen molar-refractivity contribution in [1.29, 1.82) is 5.26 Å². The Hall–Kier alpha value is -3.07. The molecule has 1 aliphatic rings. The van der Waals surface area contributed by atoms with Crippen LogP contribution in [0.25, 0.3) is 0 Å². The minimum Gasteiger partial charge on any atom is -0.368 e. The molecule has 3 rings (SSSR count). The maximum absolute atomic E-state index is 14.0. The van der Waals surface area contributed by atoms with Gasteiger partial charge in [0.15, 0.2) is 5.96 Å². The fourth-order valence-corrected chi connectivity index (χ4v) is 3.29. The second kappa shape index (κ2) is 8.54. The second-order valence-electron chi connectivity index (χ2n) is 6.63. The molecule has 1 heterocycles. The lowest BCUT2D eigenvalue weighted by molar-refractivity contribution is 0.372. The summed E-state index contributed by atoms with van der Waals surface area (Å²) < 4.78 is 14.0. The normalized spacial score (nSPS) is 14.8. The van der Waals surface area contributed by atoms with E-state index in [0.717, 1.165) is 32.1 Å². The van der Waals surface area contributed by atoms with E-state index in [2.05, 4.69) is 51.3 Å². The summed E-state index contributed by atoms with van der Waals surface area (Å²) in [5, 5.41) is 12.2. The monoisotopic (exact) mass is 365 g/mol. The lowest BCUT2D eigenvalue weighted by Crippen LogP contribution is -2.52. The Bertz CT molecular complexity index is 863. The molecule has 0 aliphatic carbocycles. The van der Waals surface area contributed by atoms with Gasteiger partial charge in [-0.05, 0) is 42.8 Å². The molecule has 0 amide bonds. The number of aliphatic imine (C=N–C) groups is 1. The van der Waals surface area contributed by atoms with Crippen LogP contribution < -0.4 is 10.2 Å². The minimum atomic E-state index is -0.318. The topological polar surface area (TPSA) is 54.7 Å². The molecule has 0 bridgehead atoms.